The van der Waals surface area contributed by atoms with Crippen molar-refractivity contribution in [3.63, 3.8) is 0 Å². The zero-order chi connectivity index (χ0) is 9.84. The van der Waals surface area contributed by atoms with Crippen LogP contribution in [0.2, 0.25) is 0 Å². The number of hydrogen-bond donors (Lipinski definition) is 1. The van der Waals surface area contributed by atoms with Crippen LogP contribution in [0, 0.1) is 6.92 Å². The molecular weight excluding hydrogens is 168 g/mol. The van der Waals surface area contributed by atoms with Gasteiger partial charge in [0.25, 0.3) is 0 Å². The summed E-state index contributed by atoms with van der Waals surface area (Å²) in [6.45, 7) is 4.89. The minimum atomic E-state index is -0.0281. The molecule has 0 fully saturated rings. The Hall–Kier alpha value is -1.23. The van der Waals surface area contributed by atoms with Crippen LogP contribution >= 0.6 is 0 Å². The van der Waals surface area contributed by atoms with Gasteiger partial charge in [-0.2, -0.15) is 0 Å². The lowest BCUT2D eigenvalue weighted by molar-refractivity contribution is 0.0980. The molecule has 1 heterocycles. The summed E-state index contributed by atoms with van der Waals surface area (Å²) in [6, 6.07) is 0. The molecule has 2 N–H and O–H groups in total. The predicted octanol–water partition coefficient (Wildman–Crippen LogP) is 0.138. The van der Waals surface area contributed by atoms with E-state index in [9.17, 15) is 4.79 Å². The Bertz CT molecular complexity index is 305. The van der Waals surface area contributed by atoms with E-state index in [4.69, 9.17) is 5.73 Å². The van der Waals surface area contributed by atoms with Crippen molar-refractivity contribution in [1.29, 1.82) is 0 Å². The maximum atomic E-state index is 11.4. The Morgan fingerprint density at radius 3 is 2.77 bits per heavy atom. The SMILES string of the molecule is CCn1nnc(C(=O)CCN)c1C. The van der Waals surface area contributed by atoms with Crippen LogP contribution in [0.1, 0.15) is 29.5 Å². The van der Waals surface area contributed by atoms with Gasteiger partial charge in [0.05, 0.1) is 5.69 Å². The summed E-state index contributed by atoms with van der Waals surface area (Å²) in [5, 5.41) is 7.66. The molecule has 0 radical (unpaired) electrons. The van der Waals surface area contributed by atoms with Gasteiger partial charge in [0, 0.05) is 13.0 Å². The molecule has 5 heteroatoms. The van der Waals surface area contributed by atoms with Crippen molar-refractivity contribution in [2.45, 2.75) is 26.8 Å². The number of Topliss-reactive ketones (excluding diaryl/α,β-unsaturated/α-hetero) is 1. The Labute approximate surface area is 76.9 Å². The highest BCUT2D eigenvalue weighted by molar-refractivity contribution is 5.95. The molecule has 0 amide bonds. The molecule has 0 saturated carbocycles. The van der Waals surface area contributed by atoms with E-state index in [1.807, 2.05) is 13.8 Å². The lowest BCUT2D eigenvalue weighted by Crippen LogP contribution is -2.10. The number of ketones is 1. The minimum Gasteiger partial charge on any atom is -0.330 e. The third kappa shape index (κ3) is 1.92. The fraction of sp³-hybridized carbons (Fsp3) is 0.625. The summed E-state index contributed by atoms with van der Waals surface area (Å²) in [6.07, 6.45) is 0.337. The third-order valence-corrected chi connectivity index (χ3v) is 1.92. The van der Waals surface area contributed by atoms with Crippen molar-refractivity contribution in [3.05, 3.63) is 11.4 Å². The van der Waals surface area contributed by atoms with Gasteiger partial charge in [-0.25, -0.2) is 4.68 Å². The molecule has 13 heavy (non-hydrogen) atoms. The number of carbonyl (C=O) groups excluding carboxylic acids is 1. The smallest absolute Gasteiger partial charge is 0.186 e. The van der Waals surface area contributed by atoms with Gasteiger partial charge in [-0.1, -0.05) is 5.21 Å². The van der Waals surface area contributed by atoms with Gasteiger partial charge in [0.15, 0.2) is 11.5 Å². The molecule has 0 aromatic carbocycles. The molecule has 0 aliphatic rings. The first-order chi connectivity index (χ1) is 6.20. The maximum Gasteiger partial charge on any atom is 0.186 e. The van der Waals surface area contributed by atoms with E-state index >= 15 is 0 Å². The van der Waals surface area contributed by atoms with E-state index in [0.717, 1.165) is 12.2 Å². The molecule has 0 spiro atoms. The maximum absolute atomic E-state index is 11.4. The van der Waals surface area contributed by atoms with Crippen molar-refractivity contribution in [1.82, 2.24) is 15.0 Å². The number of aromatic nitrogens is 3. The summed E-state index contributed by atoms with van der Waals surface area (Å²) in [5.74, 6) is -0.0281. The van der Waals surface area contributed by atoms with Crippen LogP contribution in [0.3, 0.4) is 0 Å². The zero-order valence-corrected chi connectivity index (χ0v) is 7.95. The number of rotatable bonds is 4. The quantitative estimate of drug-likeness (QED) is 0.672. The van der Waals surface area contributed by atoms with Gasteiger partial charge >= 0.3 is 0 Å². The normalized spacial score (nSPS) is 10.4. The second-order valence-electron chi connectivity index (χ2n) is 2.80. The van der Waals surface area contributed by atoms with E-state index in [1.165, 1.54) is 0 Å². The standard InChI is InChI=1S/C8H14N4O/c1-3-12-6(2)8(10-11-12)7(13)4-5-9/h3-5,9H2,1-2H3. The van der Waals surface area contributed by atoms with Gasteiger partial charge < -0.3 is 5.73 Å². The summed E-state index contributed by atoms with van der Waals surface area (Å²) in [7, 11) is 0. The molecule has 0 aliphatic heterocycles. The van der Waals surface area contributed by atoms with E-state index in [-0.39, 0.29) is 5.78 Å². The van der Waals surface area contributed by atoms with Gasteiger partial charge in [-0.3, -0.25) is 4.79 Å². The predicted molar refractivity (Wildman–Crippen MR) is 48.4 cm³/mol. The van der Waals surface area contributed by atoms with Crippen LogP contribution in [-0.4, -0.2) is 27.3 Å². The first-order valence-corrected chi connectivity index (χ1v) is 4.34. The van der Waals surface area contributed by atoms with Crippen molar-refractivity contribution in [2.75, 3.05) is 6.54 Å². The van der Waals surface area contributed by atoms with Gasteiger partial charge in [0.2, 0.25) is 0 Å². The second kappa shape index (κ2) is 4.13. The number of nitrogens with two attached hydrogens (primary N) is 1. The second-order valence-corrected chi connectivity index (χ2v) is 2.80. The Kier molecular flexibility index (Phi) is 3.13. The number of aryl methyl sites for hydroxylation is 1. The number of carbonyl (C=O) groups is 1. The fourth-order valence-corrected chi connectivity index (χ4v) is 1.17. The van der Waals surface area contributed by atoms with Crippen LogP contribution in [0.25, 0.3) is 0 Å². The summed E-state index contributed by atoms with van der Waals surface area (Å²) in [4.78, 5) is 11.4. The van der Waals surface area contributed by atoms with Gasteiger partial charge in [-0.05, 0) is 20.4 Å². The van der Waals surface area contributed by atoms with E-state index in [1.54, 1.807) is 4.68 Å². The highest BCUT2D eigenvalue weighted by atomic mass is 16.1. The van der Waals surface area contributed by atoms with Crippen molar-refractivity contribution in [2.24, 2.45) is 5.73 Å². The Morgan fingerprint density at radius 2 is 2.31 bits per heavy atom. The Morgan fingerprint density at radius 1 is 1.62 bits per heavy atom. The first-order valence-electron chi connectivity index (χ1n) is 4.34. The van der Waals surface area contributed by atoms with Crippen LogP contribution < -0.4 is 5.73 Å². The van der Waals surface area contributed by atoms with Gasteiger partial charge in [-0.15, -0.1) is 5.10 Å². The van der Waals surface area contributed by atoms with Crippen LogP contribution in [0.5, 0.6) is 0 Å². The monoisotopic (exact) mass is 182 g/mol. The average Bonchev–Trinajstić information content (AvgIpc) is 2.47. The molecule has 1 rings (SSSR count). The van der Waals surface area contributed by atoms with Crippen molar-refractivity contribution in [3.8, 4) is 0 Å². The molecule has 0 saturated heterocycles. The first kappa shape index (κ1) is 9.85. The highest BCUT2D eigenvalue weighted by Gasteiger charge is 2.14. The largest absolute Gasteiger partial charge is 0.330 e. The van der Waals surface area contributed by atoms with E-state index in [0.29, 0.717) is 18.7 Å². The summed E-state index contributed by atoms with van der Waals surface area (Å²) >= 11 is 0. The number of hydrogen-bond acceptors (Lipinski definition) is 4. The Balaban J connectivity index is 2.89. The molecule has 5 nitrogen and oxygen atoms in total. The van der Waals surface area contributed by atoms with Crippen LogP contribution in [0.15, 0.2) is 0 Å². The third-order valence-electron chi connectivity index (χ3n) is 1.92. The molecular formula is C8H14N4O. The molecule has 0 atom stereocenters. The molecule has 0 bridgehead atoms. The van der Waals surface area contributed by atoms with Crippen molar-refractivity contribution >= 4 is 5.78 Å². The van der Waals surface area contributed by atoms with E-state index in [2.05, 4.69) is 10.3 Å². The highest BCUT2D eigenvalue weighted by Crippen LogP contribution is 2.05. The minimum absolute atomic E-state index is 0.0281. The van der Waals surface area contributed by atoms with Crippen LogP contribution in [-0.2, 0) is 6.54 Å². The zero-order valence-electron chi connectivity index (χ0n) is 7.95. The summed E-state index contributed by atoms with van der Waals surface area (Å²) in [5.41, 5.74) is 6.55. The molecule has 0 unspecified atom stereocenters. The molecule has 1 aromatic heterocycles. The number of nitrogens with zero attached hydrogens (tertiary/aromatic N) is 3. The molecule has 72 valence electrons. The molecule has 1 aromatic rings. The van der Waals surface area contributed by atoms with Crippen LogP contribution in [0.4, 0.5) is 0 Å². The summed E-state index contributed by atoms with van der Waals surface area (Å²) < 4.78 is 1.70. The van der Waals surface area contributed by atoms with Crippen molar-refractivity contribution < 1.29 is 4.79 Å². The van der Waals surface area contributed by atoms with E-state index < -0.39 is 0 Å². The molecule has 0 aliphatic carbocycles. The average molecular weight is 182 g/mol. The fourth-order valence-electron chi connectivity index (χ4n) is 1.17. The topological polar surface area (TPSA) is 73.8 Å². The lowest BCUT2D eigenvalue weighted by Gasteiger charge is -1.97. The lowest BCUT2D eigenvalue weighted by atomic mass is 10.2. The van der Waals surface area contributed by atoms with Gasteiger partial charge in [0.1, 0.15) is 0 Å².